The Labute approximate surface area is 154 Å². The molecule has 1 aromatic carbocycles. The Morgan fingerprint density at radius 3 is 2.65 bits per heavy atom. The van der Waals surface area contributed by atoms with E-state index in [0.717, 1.165) is 18.8 Å². The van der Waals surface area contributed by atoms with Crippen molar-refractivity contribution in [3.63, 3.8) is 0 Å². The number of nitrogens with one attached hydrogen (secondary N) is 1. The number of anilines is 1. The first-order valence-electron chi connectivity index (χ1n) is 9.11. The van der Waals surface area contributed by atoms with Crippen LogP contribution < -0.4 is 11.1 Å². The van der Waals surface area contributed by atoms with Crippen LogP contribution in [0.5, 0.6) is 0 Å². The molecule has 6 nitrogen and oxygen atoms in total. The maximum Gasteiger partial charge on any atom is 0.240 e. The number of nitrogens with two attached hydrogens (primary N) is 1. The van der Waals surface area contributed by atoms with Gasteiger partial charge in [-0.25, -0.2) is 0 Å². The summed E-state index contributed by atoms with van der Waals surface area (Å²) in [6.45, 7) is 8.77. The molecule has 1 saturated heterocycles. The number of hydrogen-bond acceptors (Lipinski definition) is 5. The van der Waals surface area contributed by atoms with Crippen LogP contribution in [0.1, 0.15) is 37.9 Å². The van der Waals surface area contributed by atoms with E-state index in [-0.39, 0.29) is 11.3 Å². The first-order chi connectivity index (χ1) is 12.4. The van der Waals surface area contributed by atoms with Crippen molar-refractivity contribution in [2.75, 3.05) is 31.5 Å². The summed E-state index contributed by atoms with van der Waals surface area (Å²) in [4.78, 5) is 14.6. The fraction of sp³-hybridized carbons (Fsp3) is 0.500. The van der Waals surface area contributed by atoms with Crippen LogP contribution in [0, 0.1) is 5.92 Å². The third kappa shape index (κ3) is 4.31. The molecule has 6 heteroatoms. The number of carbonyl (C=O) groups excluding carboxylic acids is 1. The molecule has 0 radical (unpaired) electrons. The van der Waals surface area contributed by atoms with Crippen LogP contribution in [0.4, 0.5) is 5.88 Å². The largest absolute Gasteiger partial charge is 0.338 e. The second kappa shape index (κ2) is 7.60. The van der Waals surface area contributed by atoms with Gasteiger partial charge in [0.2, 0.25) is 11.8 Å². The summed E-state index contributed by atoms with van der Waals surface area (Å²) < 4.78 is 5.24. The summed E-state index contributed by atoms with van der Waals surface area (Å²) in [6.07, 6.45) is 0. The average Bonchev–Trinajstić information content (AvgIpc) is 3.22. The monoisotopic (exact) mass is 356 g/mol. The SMILES string of the molecule is CC(C)(C)c1cc(NC(=O)CN2C[C@@H](CN)[C@H](c3ccccc3)C2)on1. The Kier molecular flexibility index (Phi) is 5.44. The van der Waals surface area contributed by atoms with E-state index in [0.29, 0.717) is 30.8 Å². The second-order valence-corrected chi connectivity index (χ2v) is 8.08. The molecule has 2 atom stereocenters. The number of hydrogen-bond donors (Lipinski definition) is 2. The number of nitrogens with zero attached hydrogens (tertiary/aromatic N) is 2. The van der Waals surface area contributed by atoms with E-state index < -0.39 is 0 Å². The molecule has 3 N–H and O–H groups in total. The highest BCUT2D eigenvalue weighted by Crippen LogP contribution is 2.32. The van der Waals surface area contributed by atoms with Crippen molar-refractivity contribution in [1.29, 1.82) is 0 Å². The predicted octanol–water partition coefficient (Wildman–Crippen LogP) is 2.58. The van der Waals surface area contributed by atoms with Crippen molar-refractivity contribution < 1.29 is 9.32 Å². The zero-order valence-electron chi connectivity index (χ0n) is 15.7. The number of rotatable bonds is 5. The Hall–Kier alpha value is -2.18. The van der Waals surface area contributed by atoms with Gasteiger partial charge in [0, 0.05) is 30.5 Å². The minimum absolute atomic E-state index is 0.0916. The topological polar surface area (TPSA) is 84.4 Å². The minimum Gasteiger partial charge on any atom is -0.338 e. The molecule has 2 aromatic rings. The third-order valence-electron chi connectivity index (χ3n) is 4.96. The van der Waals surface area contributed by atoms with Gasteiger partial charge in [-0.05, 0) is 18.0 Å². The Balaban J connectivity index is 1.59. The summed E-state index contributed by atoms with van der Waals surface area (Å²) in [5.41, 5.74) is 7.97. The smallest absolute Gasteiger partial charge is 0.240 e. The lowest BCUT2D eigenvalue weighted by Gasteiger charge is -2.16. The van der Waals surface area contributed by atoms with E-state index in [2.05, 4.69) is 60.4 Å². The molecule has 26 heavy (non-hydrogen) atoms. The van der Waals surface area contributed by atoms with E-state index in [1.54, 1.807) is 6.07 Å². The van der Waals surface area contributed by atoms with Gasteiger partial charge in [0.25, 0.3) is 0 Å². The van der Waals surface area contributed by atoms with E-state index in [1.807, 2.05) is 6.07 Å². The van der Waals surface area contributed by atoms with Gasteiger partial charge in [0.05, 0.1) is 12.2 Å². The third-order valence-corrected chi connectivity index (χ3v) is 4.96. The van der Waals surface area contributed by atoms with Crippen molar-refractivity contribution in [2.24, 2.45) is 11.7 Å². The van der Waals surface area contributed by atoms with Crippen LogP contribution >= 0.6 is 0 Å². The average molecular weight is 356 g/mol. The molecule has 1 fully saturated rings. The van der Waals surface area contributed by atoms with E-state index in [9.17, 15) is 4.79 Å². The van der Waals surface area contributed by atoms with Crippen molar-refractivity contribution >= 4 is 11.8 Å². The fourth-order valence-corrected chi connectivity index (χ4v) is 3.47. The summed E-state index contributed by atoms with van der Waals surface area (Å²) in [5, 5.41) is 6.84. The number of benzene rings is 1. The van der Waals surface area contributed by atoms with E-state index >= 15 is 0 Å². The van der Waals surface area contributed by atoms with E-state index in [4.69, 9.17) is 10.3 Å². The summed E-state index contributed by atoms with van der Waals surface area (Å²) in [5.74, 6) is 1.04. The van der Waals surface area contributed by atoms with Crippen LogP contribution in [-0.4, -0.2) is 42.1 Å². The summed E-state index contributed by atoms with van der Waals surface area (Å²) in [7, 11) is 0. The Morgan fingerprint density at radius 2 is 2.04 bits per heavy atom. The molecule has 140 valence electrons. The zero-order chi connectivity index (χ0) is 18.7. The highest BCUT2D eigenvalue weighted by molar-refractivity contribution is 5.91. The molecule has 3 rings (SSSR count). The lowest BCUT2D eigenvalue weighted by atomic mass is 9.89. The number of carbonyl (C=O) groups is 1. The highest BCUT2D eigenvalue weighted by Gasteiger charge is 2.33. The molecular formula is C20H28N4O2. The van der Waals surface area contributed by atoms with Crippen molar-refractivity contribution in [1.82, 2.24) is 10.1 Å². The first-order valence-corrected chi connectivity index (χ1v) is 9.11. The van der Waals surface area contributed by atoms with Gasteiger partial charge in [-0.2, -0.15) is 0 Å². The van der Waals surface area contributed by atoms with Gasteiger partial charge in [-0.3, -0.25) is 15.0 Å². The van der Waals surface area contributed by atoms with Crippen LogP contribution in [0.3, 0.4) is 0 Å². The van der Waals surface area contributed by atoms with Gasteiger partial charge in [-0.15, -0.1) is 0 Å². The van der Waals surface area contributed by atoms with Crippen LogP contribution in [0.2, 0.25) is 0 Å². The molecule has 0 bridgehead atoms. The van der Waals surface area contributed by atoms with Crippen molar-refractivity contribution in [3.8, 4) is 0 Å². The highest BCUT2D eigenvalue weighted by atomic mass is 16.5. The van der Waals surface area contributed by atoms with Gasteiger partial charge in [0.1, 0.15) is 0 Å². The Morgan fingerprint density at radius 1 is 1.31 bits per heavy atom. The van der Waals surface area contributed by atoms with Gasteiger partial charge < -0.3 is 10.3 Å². The van der Waals surface area contributed by atoms with Gasteiger partial charge >= 0.3 is 0 Å². The molecule has 0 saturated carbocycles. The normalized spacial score (nSPS) is 21.1. The number of aromatic nitrogens is 1. The lowest BCUT2D eigenvalue weighted by molar-refractivity contribution is -0.117. The van der Waals surface area contributed by atoms with E-state index in [1.165, 1.54) is 5.56 Å². The number of amides is 1. The lowest BCUT2D eigenvalue weighted by Crippen LogP contribution is -2.32. The van der Waals surface area contributed by atoms with Crippen molar-refractivity contribution in [3.05, 3.63) is 47.7 Å². The number of likely N-dealkylation sites (tertiary alicyclic amines) is 1. The first kappa shape index (κ1) is 18.6. The maximum absolute atomic E-state index is 12.4. The molecular weight excluding hydrogens is 328 g/mol. The molecule has 1 aliphatic heterocycles. The van der Waals surface area contributed by atoms with Crippen LogP contribution in [0.25, 0.3) is 0 Å². The van der Waals surface area contributed by atoms with Gasteiger partial charge in [0.15, 0.2) is 0 Å². The standard InChI is InChI=1S/C20H28N4O2/c1-20(2,3)17-9-19(26-23-17)22-18(25)13-24-11-15(10-21)16(12-24)14-7-5-4-6-8-14/h4-9,15-16H,10-13,21H2,1-3H3,(H,22,25)/t15-,16+/m1/s1. The molecule has 1 aromatic heterocycles. The molecule has 0 spiro atoms. The van der Waals surface area contributed by atoms with Gasteiger partial charge in [-0.1, -0.05) is 56.3 Å². The van der Waals surface area contributed by atoms with Crippen LogP contribution in [0.15, 0.2) is 40.9 Å². The molecule has 0 aliphatic carbocycles. The fourth-order valence-electron chi connectivity index (χ4n) is 3.47. The zero-order valence-corrected chi connectivity index (χ0v) is 15.7. The quantitative estimate of drug-likeness (QED) is 0.860. The minimum atomic E-state index is -0.112. The molecule has 1 amide bonds. The van der Waals surface area contributed by atoms with Crippen molar-refractivity contribution in [2.45, 2.75) is 32.1 Å². The Bertz CT molecular complexity index is 736. The van der Waals surface area contributed by atoms with Crippen LogP contribution in [-0.2, 0) is 10.2 Å². The maximum atomic E-state index is 12.4. The summed E-state index contributed by atoms with van der Waals surface area (Å²) >= 11 is 0. The second-order valence-electron chi connectivity index (χ2n) is 8.08. The molecule has 1 aliphatic rings. The molecule has 0 unspecified atom stereocenters. The molecule has 2 heterocycles. The summed E-state index contributed by atoms with van der Waals surface area (Å²) in [6, 6.07) is 12.2. The predicted molar refractivity (Wildman–Crippen MR) is 102 cm³/mol.